The minimum atomic E-state index is 0.582. The van der Waals surface area contributed by atoms with Crippen molar-refractivity contribution in [3.63, 3.8) is 0 Å². The first kappa shape index (κ1) is 11.6. The zero-order chi connectivity index (χ0) is 11.4. The minimum absolute atomic E-state index is 0.582. The molecule has 88 valence electrons. The van der Waals surface area contributed by atoms with Gasteiger partial charge in [0.25, 0.3) is 0 Å². The first-order chi connectivity index (χ1) is 7.81. The number of methoxy groups -OCH3 is 1. The largest absolute Gasteiger partial charge is 0.495 e. The van der Waals surface area contributed by atoms with Crippen molar-refractivity contribution in [3.8, 4) is 5.75 Å². The van der Waals surface area contributed by atoms with Crippen LogP contribution in [0.1, 0.15) is 19.3 Å². The Kier molecular flexibility index (Phi) is 3.93. The number of rotatable bonds is 4. The van der Waals surface area contributed by atoms with Crippen LogP contribution >= 0.6 is 11.8 Å². The average molecular weight is 238 g/mol. The van der Waals surface area contributed by atoms with Gasteiger partial charge in [-0.25, -0.2) is 4.98 Å². The normalized spacial score (nSPS) is 24.4. The van der Waals surface area contributed by atoms with E-state index in [1.54, 1.807) is 13.3 Å². The molecule has 1 saturated carbocycles. The molecule has 1 aromatic rings. The molecule has 1 aromatic heterocycles. The maximum absolute atomic E-state index is 5.08. The summed E-state index contributed by atoms with van der Waals surface area (Å²) in [6, 6.07) is 4.50. The van der Waals surface area contributed by atoms with Crippen LogP contribution in [-0.4, -0.2) is 29.6 Å². The Hall–Kier alpha value is -0.900. The first-order valence-corrected chi connectivity index (χ1v) is 6.90. The van der Waals surface area contributed by atoms with Crippen LogP contribution in [0.25, 0.3) is 0 Å². The van der Waals surface area contributed by atoms with E-state index in [1.165, 1.54) is 19.3 Å². The van der Waals surface area contributed by atoms with Gasteiger partial charge < -0.3 is 10.1 Å². The van der Waals surface area contributed by atoms with Gasteiger partial charge in [-0.15, -0.1) is 0 Å². The van der Waals surface area contributed by atoms with Gasteiger partial charge in [-0.2, -0.15) is 11.8 Å². The van der Waals surface area contributed by atoms with Crippen molar-refractivity contribution < 1.29 is 4.74 Å². The van der Waals surface area contributed by atoms with E-state index in [-0.39, 0.29) is 0 Å². The van der Waals surface area contributed by atoms with Crippen molar-refractivity contribution in [1.82, 2.24) is 4.98 Å². The van der Waals surface area contributed by atoms with Gasteiger partial charge in [0, 0.05) is 11.3 Å². The van der Waals surface area contributed by atoms with E-state index in [9.17, 15) is 0 Å². The highest BCUT2D eigenvalue weighted by Gasteiger charge is 2.23. The Morgan fingerprint density at radius 3 is 2.88 bits per heavy atom. The maximum Gasteiger partial charge on any atom is 0.137 e. The van der Waals surface area contributed by atoms with Crippen molar-refractivity contribution in [2.75, 3.05) is 18.7 Å². The number of thioether (sulfide) groups is 1. The molecule has 1 aliphatic carbocycles. The lowest BCUT2D eigenvalue weighted by Gasteiger charge is -2.13. The van der Waals surface area contributed by atoms with Crippen LogP contribution in [0.5, 0.6) is 5.75 Å². The van der Waals surface area contributed by atoms with E-state index in [1.807, 2.05) is 23.9 Å². The molecule has 0 bridgehead atoms. The number of hydrogen-bond donors (Lipinski definition) is 1. The van der Waals surface area contributed by atoms with E-state index >= 15 is 0 Å². The molecular weight excluding hydrogens is 220 g/mol. The molecule has 4 heteroatoms. The number of anilines is 1. The molecular formula is C12H18N2OS. The van der Waals surface area contributed by atoms with Gasteiger partial charge in [0.15, 0.2) is 0 Å². The van der Waals surface area contributed by atoms with Crippen molar-refractivity contribution in [3.05, 3.63) is 18.3 Å². The van der Waals surface area contributed by atoms with Gasteiger partial charge in [-0.1, -0.05) is 0 Å². The molecule has 0 spiro atoms. The van der Waals surface area contributed by atoms with Crippen LogP contribution in [0.2, 0.25) is 0 Å². The summed E-state index contributed by atoms with van der Waals surface area (Å²) < 4.78 is 5.08. The summed E-state index contributed by atoms with van der Waals surface area (Å²) in [6.07, 6.45) is 7.76. The third kappa shape index (κ3) is 2.82. The lowest BCUT2D eigenvalue weighted by atomic mass is 10.2. The Morgan fingerprint density at radius 2 is 2.31 bits per heavy atom. The predicted molar refractivity (Wildman–Crippen MR) is 69.4 cm³/mol. The highest BCUT2D eigenvalue weighted by atomic mass is 32.2. The van der Waals surface area contributed by atoms with Crippen molar-refractivity contribution in [1.29, 1.82) is 0 Å². The molecule has 0 amide bonds. The van der Waals surface area contributed by atoms with E-state index in [4.69, 9.17) is 4.74 Å². The zero-order valence-corrected chi connectivity index (χ0v) is 10.6. The first-order valence-electron chi connectivity index (χ1n) is 5.61. The molecule has 2 unspecified atom stereocenters. The molecule has 0 radical (unpaired) electrons. The summed E-state index contributed by atoms with van der Waals surface area (Å²) >= 11 is 1.97. The third-order valence-corrected chi connectivity index (χ3v) is 4.14. The predicted octanol–water partition coefficient (Wildman–Crippen LogP) is 2.79. The molecule has 2 atom stereocenters. The van der Waals surface area contributed by atoms with E-state index < -0.39 is 0 Å². The van der Waals surface area contributed by atoms with Crippen LogP contribution in [0.3, 0.4) is 0 Å². The quantitative estimate of drug-likeness (QED) is 0.874. The van der Waals surface area contributed by atoms with Crippen LogP contribution in [0.4, 0.5) is 5.82 Å². The molecule has 1 N–H and O–H groups in total. The number of aromatic nitrogens is 1. The van der Waals surface area contributed by atoms with E-state index in [0.717, 1.165) is 16.8 Å². The second-order valence-electron chi connectivity index (χ2n) is 4.10. The van der Waals surface area contributed by atoms with Crippen molar-refractivity contribution in [2.45, 2.75) is 30.6 Å². The fraction of sp³-hybridized carbons (Fsp3) is 0.583. The molecule has 0 saturated heterocycles. The van der Waals surface area contributed by atoms with Gasteiger partial charge >= 0.3 is 0 Å². The summed E-state index contributed by atoms with van der Waals surface area (Å²) in [5, 5.41) is 4.29. The van der Waals surface area contributed by atoms with Crippen molar-refractivity contribution in [2.24, 2.45) is 0 Å². The summed E-state index contributed by atoms with van der Waals surface area (Å²) in [4.78, 5) is 4.32. The van der Waals surface area contributed by atoms with Gasteiger partial charge in [-0.3, -0.25) is 0 Å². The lowest BCUT2D eigenvalue weighted by Crippen LogP contribution is -2.16. The van der Waals surface area contributed by atoms with Crippen LogP contribution in [0.15, 0.2) is 18.3 Å². The smallest absolute Gasteiger partial charge is 0.137 e. The summed E-state index contributed by atoms with van der Waals surface area (Å²) in [7, 11) is 1.66. The third-order valence-electron chi connectivity index (χ3n) is 3.04. The maximum atomic E-state index is 5.08. The van der Waals surface area contributed by atoms with Gasteiger partial charge in [0.1, 0.15) is 11.6 Å². The fourth-order valence-corrected chi connectivity index (χ4v) is 2.88. The van der Waals surface area contributed by atoms with E-state index in [0.29, 0.717) is 6.04 Å². The standard InChI is InChI=1S/C12H18N2OS/c1-15-10-4-6-12(13-8-10)14-9-3-5-11(7-9)16-2/h4,6,8-9,11H,3,5,7H2,1-2H3,(H,13,14). The van der Waals surface area contributed by atoms with Crippen LogP contribution in [-0.2, 0) is 0 Å². The summed E-state index contributed by atoms with van der Waals surface area (Å²) in [5.74, 6) is 1.76. The Morgan fingerprint density at radius 1 is 1.44 bits per heavy atom. The lowest BCUT2D eigenvalue weighted by molar-refractivity contribution is 0.413. The zero-order valence-electron chi connectivity index (χ0n) is 9.77. The number of nitrogens with one attached hydrogen (secondary N) is 1. The van der Waals surface area contributed by atoms with E-state index in [2.05, 4.69) is 16.6 Å². The molecule has 1 heterocycles. The second kappa shape index (κ2) is 5.43. The number of hydrogen-bond acceptors (Lipinski definition) is 4. The Labute approximate surface area is 101 Å². The van der Waals surface area contributed by atoms with Gasteiger partial charge in [-0.05, 0) is 37.7 Å². The van der Waals surface area contributed by atoms with Crippen molar-refractivity contribution >= 4 is 17.6 Å². The summed E-state index contributed by atoms with van der Waals surface area (Å²) in [6.45, 7) is 0. The fourth-order valence-electron chi connectivity index (χ4n) is 2.08. The molecule has 2 rings (SSSR count). The Balaban J connectivity index is 1.89. The van der Waals surface area contributed by atoms with Gasteiger partial charge in [0.2, 0.25) is 0 Å². The number of nitrogens with zero attached hydrogens (tertiary/aromatic N) is 1. The molecule has 1 aliphatic rings. The second-order valence-corrected chi connectivity index (χ2v) is 5.23. The highest BCUT2D eigenvalue weighted by Crippen LogP contribution is 2.29. The molecule has 0 aliphatic heterocycles. The minimum Gasteiger partial charge on any atom is -0.495 e. The molecule has 1 fully saturated rings. The Bertz CT molecular complexity index is 328. The molecule has 3 nitrogen and oxygen atoms in total. The topological polar surface area (TPSA) is 34.1 Å². The highest BCUT2D eigenvalue weighted by molar-refractivity contribution is 7.99. The molecule has 0 aromatic carbocycles. The summed E-state index contributed by atoms with van der Waals surface area (Å²) in [5.41, 5.74) is 0. The molecule has 16 heavy (non-hydrogen) atoms. The van der Waals surface area contributed by atoms with Gasteiger partial charge in [0.05, 0.1) is 13.3 Å². The van der Waals surface area contributed by atoms with Crippen LogP contribution in [0, 0.1) is 0 Å². The van der Waals surface area contributed by atoms with Crippen LogP contribution < -0.4 is 10.1 Å². The number of ether oxygens (including phenoxy) is 1. The SMILES string of the molecule is COc1ccc(NC2CCC(SC)C2)nc1. The average Bonchev–Trinajstić information content (AvgIpc) is 2.78. The monoisotopic (exact) mass is 238 g/mol. The number of pyridine rings is 1.